The number of nitrogens with one attached hydrogen (secondary N) is 1. The molecule has 136 valence electrons. The van der Waals surface area contributed by atoms with Crippen LogP contribution in [0.2, 0.25) is 0 Å². The second kappa shape index (κ2) is 8.94. The minimum atomic E-state index is -0.391. The first kappa shape index (κ1) is 18.6. The summed E-state index contributed by atoms with van der Waals surface area (Å²) in [5.74, 6) is 0.0283. The van der Waals surface area contributed by atoms with Gasteiger partial charge in [0.25, 0.3) is 0 Å². The molecular formula is C19H21N3O3Se. The molecule has 6 nitrogen and oxygen atoms in total. The third-order valence-corrected chi connectivity index (χ3v) is 6.37. The van der Waals surface area contributed by atoms with Crippen molar-refractivity contribution in [3.8, 4) is 0 Å². The fourth-order valence-corrected chi connectivity index (χ4v) is 4.61. The van der Waals surface area contributed by atoms with E-state index in [1.165, 1.54) is 31.4 Å². The van der Waals surface area contributed by atoms with E-state index >= 15 is 0 Å². The van der Waals surface area contributed by atoms with Gasteiger partial charge in [0.2, 0.25) is 0 Å². The molecule has 1 aliphatic rings. The molecule has 3 rings (SSSR count). The number of anilines is 1. The van der Waals surface area contributed by atoms with Crippen molar-refractivity contribution in [3.63, 3.8) is 0 Å². The molecule has 1 aliphatic heterocycles. The molecule has 7 heteroatoms. The molecule has 1 N–H and O–H groups in total. The second-order valence-corrected chi connectivity index (χ2v) is 8.67. The van der Waals surface area contributed by atoms with E-state index in [-0.39, 0.29) is 26.6 Å². The predicted molar refractivity (Wildman–Crippen MR) is 103 cm³/mol. The first-order valence-electron chi connectivity index (χ1n) is 8.65. The summed E-state index contributed by atoms with van der Waals surface area (Å²) in [4.78, 5) is 24.6. The molecule has 2 aromatic rings. The Hall–Kier alpha value is -2.21. The first-order valence-corrected chi connectivity index (χ1v) is 10.4. The molecular weight excluding hydrogens is 397 g/mol. The Labute approximate surface area is 158 Å². The topological polar surface area (TPSA) is 75.5 Å². The number of amides is 1. The Morgan fingerprint density at radius 3 is 2.15 bits per heavy atom. The van der Waals surface area contributed by atoms with Crippen LogP contribution in [0.5, 0.6) is 0 Å². The predicted octanol–water partition coefficient (Wildman–Crippen LogP) is 1.67. The summed E-state index contributed by atoms with van der Waals surface area (Å²) in [6.45, 7) is 2.46. The van der Waals surface area contributed by atoms with Crippen LogP contribution in [0.1, 0.15) is 19.3 Å². The van der Waals surface area contributed by atoms with Crippen LogP contribution in [0.3, 0.4) is 0 Å². The normalized spacial score (nSPS) is 14.8. The second-order valence-electron chi connectivity index (χ2n) is 6.26. The van der Waals surface area contributed by atoms with Crippen molar-refractivity contribution >= 4 is 41.2 Å². The maximum absolute atomic E-state index is 12.1. The van der Waals surface area contributed by atoms with Crippen LogP contribution in [0.15, 0.2) is 48.5 Å². The summed E-state index contributed by atoms with van der Waals surface area (Å²) in [5, 5.41) is 13.6. The van der Waals surface area contributed by atoms with E-state index in [0.717, 1.165) is 27.7 Å². The fourth-order valence-electron chi connectivity index (χ4n) is 2.90. The third kappa shape index (κ3) is 5.39. The van der Waals surface area contributed by atoms with Gasteiger partial charge < -0.3 is 0 Å². The third-order valence-electron chi connectivity index (χ3n) is 4.24. The number of piperidine rings is 1. The molecule has 0 spiro atoms. The van der Waals surface area contributed by atoms with Gasteiger partial charge in [-0.2, -0.15) is 0 Å². The summed E-state index contributed by atoms with van der Waals surface area (Å²) >= 11 is 0.0749. The minimum absolute atomic E-state index is 0.0283. The van der Waals surface area contributed by atoms with Crippen molar-refractivity contribution in [2.24, 2.45) is 0 Å². The fraction of sp³-hybridized carbons (Fsp3) is 0.316. The molecule has 0 unspecified atom stereocenters. The van der Waals surface area contributed by atoms with Crippen molar-refractivity contribution in [2.75, 3.05) is 25.0 Å². The Morgan fingerprint density at radius 2 is 1.58 bits per heavy atom. The quantitative estimate of drug-likeness (QED) is 0.440. The molecule has 1 saturated heterocycles. The van der Waals surface area contributed by atoms with Gasteiger partial charge in [-0.3, -0.25) is 0 Å². The van der Waals surface area contributed by atoms with Gasteiger partial charge in [-0.15, -0.1) is 0 Å². The Morgan fingerprint density at radius 1 is 1.00 bits per heavy atom. The number of hydrogen-bond acceptors (Lipinski definition) is 4. The van der Waals surface area contributed by atoms with Crippen LogP contribution in [0.4, 0.5) is 11.4 Å². The number of carbonyl (C=O) groups is 1. The number of benzene rings is 2. The number of non-ortho nitro benzene ring substituents is 1. The maximum atomic E-state index is 12.1. The van der Waals surface area contributed by atoms with Gasteiger partial charge >= 0.3 is 159 Å². The zero-order valence-corrected chi connectivity index (χ0v) is 16.1. The monoisotopic (exact) mass is 419 g/mol. The van der Waals surface area contributed by atoms with E-state index in [1.54, 1.807) is 12.1 Å². The molecule has 0 saturated carbocycles. The van der Waals surface area contributed by atoms with Crippen LogP contribution < -0.4 is 14.2 Å². The molecule has 0 aromatic heterocycles. The number of rotatable bonds is 6. The zero-order valence-electron chi connectivity index (χ0n) is 14.4. The number of nitro groups is 1. The van der Waals surface area contributed by atoms with E-state index in [0.29, 0.717) is 6.54 Å². The van der Waals surface area contributed by atoms with Gasteiger partial charge in [0.05, 0.1) is 0 Å². The van der Waals surface area contributed by atoms with E-state index in [2.05, 4.69) is 10.2 Å². The van der Waals surface area contributed by atoms with Crippen LogP contribution in [-0.4, -0.2) is 50.3 Å². The molecule has 26 heavy (non-hydrogen) atoms. The van der Waals surface area contributed by atoms with Crippen molar-refractivity contribution in [1.29, 1.82) is 0 Å². The standard InChI is InChI=1S/C19H21N3O3Se/c23-19(14-21-12-2-1-3-13-21)20-15-4-8-17(9-5-15)26-18-10-6-16(7-11-18)22(24)25/h4-11H,1-3,12-14H2,(H,20,23). The molecule has 0 aliphatic carbocycles. The summed E-state index contributed by atoms with van der Waals surface area (Å²) in [5.41, 5.74) is 0.909. The Balaban J connectivity index is 1.52. The number of nitro benzene ring substituents is 1. The number of likely N-dealkylation sites (tertiary alicyclic amines) is 1. The zero-order chi connectivity index (χ0) is 18.4. The summed E-state index contributed by atoms with van der Waals surface area (Å²) in [6, 6.07) is 14.5. The van der Waals surface area contributed by atoms with Gasteiger partial charge in [0.15, 0.2) is 0 Å². The molecule has 0 atom stereocenters. The molecule has 0 bridgehead atoms. The van der Waals surface area contributed by atoms with Crippen molar-refractivity contribution < 1.29 is 9.72 Å². The van der Waals surface area contributed by atoms with Gasteiger partial charge in [-0.05, 0) is 0 Å². The van der Waals surface area contributed by atoms with Gasteiger partial charge in [-0.25, -0.2) is 0 Å². The van der Waals surface area contributed by atoms with Crippen molar-refractivity contribution in [1.82, 2.24) is 4.90 Å². The van der Waals surface area contributed by atoms with Crippen molar-refractivity contribution in [2.45, 2.75) is 19.3 Å². The Kier molecular flexibility index (Phi) is 6.39. The van der Waals surface area contributed by atoms with Crippen molar-refractivity contribution in [3.05, 3.63) is 58.6 Å². The van der Waals surface area contributed by atoms with E-state index in [4.69, 9.17) is 0 Å². The number of hydrogen-bond donors (Lipinski definition) is 1. The van der Waals surface area contributed by atoms with Gasteiger partial charge in [0, 0.05) is 0 Å². The average Bonchev–Trinajstić information content (AvgIpc) is 2.64. The summed E-state index contributed by atoms with van der Waals surface area (Å²) < 4.78 is 2.23. The Bertz CT molecular complexity index is 757. The van der Waals surface area contributed by atoms with Crippen LogP contribution in [-0.2, 0) is 4.79 Å². The molecule has 1 fully saturated rings. The van der Waals surface area contributed by atoms with E-state index < -0.39 is 4.92 Å². The summed E-state index contributed by atoms with van der Waals surface area (Å²) in [7, 11) is 0. The number of carbonyl (C=O) groups excluding carboxylic acids is 1. The number of nitrogens with zero attached hydrogens (tertiary/aromatic N) is 2. The molecule has 1 amide bonds. The van der Waals surface area contributed by atoms with E-state index in [9.17, 15) is 14.9 Å². The van der Waals surface area contributed by atoms with E-state index in [1.807, 2.05) is 24.3 Å². The molecule has 0 radical (unpaired) electrons. The summed E-state index contributed by atoms with van der Waals surface area (Å²) in [6.07, 6.45) is 3.61. The van der Waals surface area contributed by atoms with Gasteiger partial charge in [0.1, 0.15) is 0 Å². The molecule has 1 heterocycles. The van der Waals surface area contributed by atoms with Gasteiger partial charge in [-0.1, -0.05) is 0 Å². The SMILES string of the molecule is O=C(CN1CCCCC1)Nc1ccc([Se]c2ccc([N+](=O)[O-])cc2)cc1. The average molecular weight is 418 g/mol. The van der Waals surface area contributed by atoms with Crippen LogP contribution in [0, 0.1) is 10.1 Å². The van der Waals surface area contributed by atoms with Crippen LogP contribution in [0.25, 0.3) is 0 Å². The molecule has 2 aromatic carbocycles. The van der Waals surface area contributed by atoms with Crippen LogP contribution >= 0.6 is 0 Å². The first-order chi connectivity index (χ1) is 12.6.